The first-order valence-electron chi connectivity index (χ1n) is 7.00. The Morgan fingerprint density at radius 3 is 2.55 bits per heavy atom. The van der Waals surface area contributed by atoms with Crippen molar-refractivity contribution in [2.45, 2.75) is 31.7 Å². The highest BCUT2D eigenvalue weighted by Gasteiger charge is 2.19. The maximum absolute atomic E-state index is 12.0. The maximum Gasteiger partial charge on any atom is 0.339 e. The van der Waals surface area contributed by atoms with Crippen molar-refractivity contribution < 1.29 is 19.8 Å². The van der Waals surface area contributed by atoms with Crippen LogP contribution < -0.4 is 5.32 Å². The Bertz CT molecular complexity index is 667. The van der Waals surface area contributed by atoms with Crippen molar-refractivity contribution in [3.63, 3.8) is 0 Å². The number of phenols is 1. The van der Waals surface area contributed by atoms with E-state index in [1.54, 1.807) is 0 Å². The molecule has 0 unspecified atom stereocenters. The highest BCUT2D eigenvalue weighted by atomic mass is 16.4. The van der Waals surface area contributed by atoms with E-state index >= 15 is 0 Å². The number of rotatable bonds is 4. The molecule has 0 saturated heterocycles. The van der Waals surface area contributed by atoms with Crippen LogP contribution in [0.1, 0.15) is 41.6 Å². The smallest absolute Gasteiger partial charge is 0.339 e. The van der Waals surface area contributed by atoms with E-state index in [1.807, 2.05) is 6.07 Å². The van der Waals surface area contributed by atoms with Crippen LogP contribution >= 0.6 is 0 Å². The quantitative estimate of drug-likeness (QED) is 0.582. The van der Waals surface area contributed by atoms with Gasteiger partial charge in [0.05, 0.1) is 0 Å². The third-order valence-electron chi connectivity index (χ3n) is 3.62. The first-order chi connectivity index (χ1) is 10.5. The van der Waals surface area contributed by atoms with Crippen molar-refractivity contribution in [2.24, 2.45) is 0 Å². The number of carbonyl (C=O) groups excluding carboxylic acids is 1. The van der Waals surface area contributed by atoms with Crippen LogP contribution in [-0.2, 0) is 4.79 Å². The average molecular weight is 300 g/mol. The number of nitrogens with zero attached hydrogens (tertiary/aromatic N) is 1. The van der Waals surface area contributed by atoms with Crippen molar-refractivity contribution >= 4 is 18.0 Å². The lowest BCUT2D eigenvalue weighted by Crippen LogP contribution is -2.33. The molecular weight excluding hydrogens is 284 g/mol. The Morgan fingerprint density at radius 2 is 2.00 bits per heavy atom. The number of hydrogen-bond donors (Lipinski definition) is 3. The fourth-order valence-corrected chi connectivity index (χ4v) is 2.47. The van der Waals surface area contributed by atoms with Crippen LogP contribution in [-0.4, -0.2) is 28.1 Å². The Morgan fingerprint density at radius 1 is 1.32 bits per heavy atom. The van der Waals surface area contributed by atoms with Crippen molar-refractivity contribution in [1.29, 1.82) is 5.26 Å². The zero-order chi connectivity index (χ0) is 16.1. The van der Waals surface area contributed by atoms with Gasteiger partial charge in [-0.1, -0.05) is 18.9 Å². The maximum atomic E-state index is 12.0. The lowest BCUT2D eigenvalue weighted by Gasteiger charge is -2.11. The second kappa shape index (κ2) is 6.76. The highest BCUT2D eigenvalue weighted by Crippen LogP contribution is 2.21. The van der Waals surface area contributed by atoms with Crippen LogP contribution in [0.2, 0.25) is 0 Å². The number of aromatic carboxylic acids is 1. The molecule has 2 rings (SSSR count). The van der Waals surface area contributed by atoms with Crippen molar-refractivity contribution in [3.05, 3.63) is 34.9 Å². The van der Waals surface area contributed by atoms with Gasteiger partial charge in [0.15, 0.2) is 0 Å². The molecule has 0 spiro atoms. The Labute approximate surface area is 127 Å². The Kier molecular flexibility index (Phi) is 4.79. The second-order valence-corrected chi connectivity index (χ2v) is 5.21. The Balaban J connectivity index is 2.17. The van der Waals surface area contributed by atoms with Crippen molar-refractivity contribution in [1.82, 2.24) is 5.32 Å². The van der Waals surface area contributed by atoms with Gasteiger partial charge in [0, 0.05) is 6.04 Å². The molecule has 6 heteroatoms. The zero-order valence-electron chi connectivity index (χ0n) is 11.9. The van der Waals surface area contributed by atoms with Crippen LogP contribution in [0, 0.1) is 11.3 Å². The van der Waals surface area contributed by atoms with Gasteiger partial charge in [-0.05, 0) is 36.6 Å². The molecule has 114 valence electrons. The standard InChI is InChI=1S/C16H16N2O4/c17-9-11(15(20)18-12-3-1-2-4-12)7-10-5-6-13(16(21)22)14(19)8-10/h5-8,12,19H,1-4H2,(H,18,20)(H,21,22)/b11-7+. The zero-order valence-corrected chi connectivity index (χ0v) is 11.9. The summed E-state index contributed by atoms with van der Waals surface area (Å²) in [5.74, 6) is -2.10. The van der Waals surface area contributed by atoms with Gasteiger partial charge < -0.3 is 15.5 Å². The van der Waals surface area contributed by atoms with Gasteiger partial charge in [-0.3, -0.25) is 4.79 Å². The predicted molar refractivity (Wildman–Crippen MR) is 79.1 cm³/mol. The van der Waals surface area contributed by atoms with Crippen LogP contribution in [0.15, 0.2) is 23.8 Å². The number of amides is 1. The van der Waals surface area contributed by atoms with Crippen LogP contribution in [0.3, 0.4) is 0 Å². The first-order valence-corrected chi connectivity index (χ1v) is 7.00. The topological polar surface area (TPSA) is 110 Å². The van der Waals surface area contributed by atoms with E-state index < -0.39 is 17.6 Å². The van der Waals surface area contributed by atoms with Crippen molar-refractivity contribution in [2.75, 3.05) is 0 Å². The summed E-state index contributed by atoms with van der Waals surface area (Å²) in [5, 5.41) is 30.4. The number of aromatic hydroxyl groups is 1. The van der Waals surface area contributed by atoms with E-state index in [0.29, 0.717) is 5.56 Å². The van der Waals surface area contributed by atoms with Crippen LogP contribution in [0.5, 0.6) is 5.75 Å². The fraction of sp³-hybridized carbons (Fsp3) is 0.312. The van der Waals surface area contributed by atoms with Gasteiger partial charge in [0.2, 0.25) is 0 Å². The van der Waals surface area contributed by atoms with E-state index in [0.717, 1.165) is 25.7 Å². The summed E-state index contributed by atoms with van der Waals surface area (Å²) in [4.78, 5) is 22.9. The third-order valence-corrected chi connectivity index (χ3v) is 3.62. The SMILES string of the molecule is N#C/C(=C\c1ccc(C(=O)O)c(O)c1)C(=O)NC1CCCC1. The van der Waals surface area contributed by atoms with Gasteiger partial charge in [-0.25, -0.2) is 4.79 Å². The molecule has 0 heterocycles. The molecule has 6 nitrogen and oxygen atoms in total. The molecule has 0 atom stereocenters. The summed E-state index contributed by atoms with van der Waals surface area (Å²) in [6.07, 6.45) is 5.30. The molecule has 1 fully saturated rings. The normalized spacial score (nSPS) is 15.3. The van der Waals surface area contributed by atoms with E-state index in [1.165, 1.54) is 24.3 Å². The summed E-state index contributed by atoms with van der Waals surface area (Å²) < 4.78 is 0. The summed E-state index contributed by atoms with van der Waals surface area (Å²) in [6.45, 7) is 0. The second-order valence-electron chi connectivity index (χ2n) is 5.21. The summed E-state index contributed by atoms with van der Waals surface area (Å²) in [6, 6.07) is 5.81. The van der Waals surface area contributed by atoms with E-state index in [-0.39, 0.29) is 17.2 Å². The number of benzene rings is 1. The average Bonchev–Trinajstić information content (AvgIpc) is 2.97. The molecule has 22 heavy (non-hydrogen) atoms. The van der Waals surface area contributed by atoms with Gasteiger partial charge in [0.1, 0.15) is 23.0 Å². The lowest BCUT2D eigenvalue weighted by molar-refractivity contribution is -0.117. The van der Waals surface area contributed by atoms with Gasteiger partial charge in [-0.2, -0.15) is 5.26 Å². The fourth-order valence-electron chi connectivity index (χ4n) is 2.47. The third kappa shape index (κ3) is 3.64. The summed E-state index contributed by atoms with van der Waals surface area (Å²) >= 11 is 0. The molecule has 3 N–H and O–H groups in total. The number of carbonyl (C=O) groups is 2. The van der Waals surface area contributed by atoms with Gasteiger partial charge in [0.25, 0.3) is 5.91 Å². The number of carboxylic acid groups (broad SMARTS) is 1. The number of carboxylic acids is 1. The van der Waals surface area contributed by atoms with Gasteiger partial charge in [-0.15, -0.1) is 0 Å². The van der Waals surface area contributed by atoms with Crippen LogP contribution in [0.25, 0.3) is 6.08 Å². The summed E-state index contributed by atoms with van der Waals surface area (Å²) in [7, 11) is 0. The molecule has 0 aromatic heterocycles. The molecule has 0 radical (unpaired) electrons. The predicted octanol–water partition coefficient (Wildman–Crippen LogP) is 2.06. The molecule has 1 aliphatic rings. The largest absolute Gasteiger partial charge is 0.507 e. The van der Waals surface area contributed by atoms with Crippen LogP contribution in [0.4, 0.5) is 0 Å². The molecule has 1 saturated carbocycles. The first kappa shape index (κ1) is 15.6. The molecule has 1 aliphatic carbocycles. The molecule has 1 aromatic rings. The minimum atomic E-state index is -1.24. The minimum Gasteiger partial charge on any atom is -0.507 e. The molecule has 1 aromatic carbocycles. The van der Waals surface area contributed by atoms with E-state index in [2.05, 4.69) is 5.32 Å². The summed E-state index contributed by atoms with van der Waals surface area (Å²) in [5.41, 5.74) is 0.0843. The minimum absolute atomic E-state index is 0.0747. The molecule has 0 aliphatic heterocycles. The van der Waals surface area contributed by atoms with Crippen molar-refractivity contribution in [3.8, 4) is 11.8 Å². The Hall–Kier alpha value is -2.81. The molecule has 1 amide bonds. The number of nitriles is 1. The molecule has 0 bridgehead atoms. The highest BCUT2D eigenvalue weighted by molar-refractivity contribution is 6.02. The lowest BCUT2D eigenvalue weighted by atomic mass is 10.1. The monoisotopic (exact) mass is 300 g/mol. The van der Waals surface area contributed by atoms with Gasteiger partial charge >= 0.3 is 5.97 Å². The van der Waals surface area contributed by atoms with E-state index in [9.17, 15) is 14.7 Å². The molecular formula is C16H16N2O4. The number of nitrogens with one attached hydrogen (secondary N) is 1. The van der Waals surface area contributed by atoms with E-state index in [4.69, 9.17) is 10.4 Å². The number of hydrogen-bond acceptors (Lipinski definition) is 4.